The number of nitrogens with two attached hydrogens (primary N) is 1. The summed E-state index contributed by atoms with van der Waals surface area (Å²) in [6, 6.07) is 14.4. The van der Waals surface area contributed by atoms with E-state index in [2.05, 4.69) is 5.43 Å². The van der Waals surface area contributed by atoms with Crippen molar-refractivity contribution in [1.82, 2.24) is 5.43 Å². The van der Waals surface area contributed by atoms with Crippen molar-refractivity contribution in [3.05, 3.63) is 66.0 Å². The molecule has 0 radical (unpaired) electrons. The Hall–Kier alpha value is -2.40. The van der Waals surface area contributed by atoms with Crippen molar-refractivity contribution in [1.29, 1.82) is 0 Å². The van der Waals surface area contributed by atoms with Crippen molar-refractivity contribution in [2.45, 2.75) is 6.10 Å². The van der Waals surface area contributed by atoms with Gasteiger partial charge in [-0.3, -0.25) is 10.2 Å². The van der Waals surface area contributed by atoms with E-state index in [1.807, 2.05) is 6.07 Å². The zero-order chi connectivity index (χ0) is 13.7. The van der Waals surface area contributed by atoms with Crippen LogP contribution in [0.5, 0.6) is 5.75 Å². The SMILES string of the molecule is NNC(=O)C(Oc1ccc(F)cc1)c1ccccc1. The number of hydrazine groups is 1. The van der Waals surface area contributed by atoms with Crippen LogP contribution < -0.4 is 16.0 Å². The van der Waals surface area contributed by atoms with Crippen molar-refractivity contribution in [2.75, 3.05) is 0 Å². The lowest BCUT2D eigenvalue weighted by Gasteiger charge is -2.17. The largest absolute Gasteiger partial charge is 0.476 e. The number of benzene rings is 2. The summed E-state index contributed by atoms with van der Waals surface area (Å²) in [5, 5.41) is 0. The summed E-state index contributed by atoms with van der Waals surface area (Å²) in [6.07, 6.45) is -0.878. The van der Waals surface area contributed by atoms with Crippen LogP contribution >= 0.6 is 0 Å². The van der Waals surface area contributed by atoms with Gasteiger partial charge in [0.2, 0.25) is 6.10 Å². The van der Waals surface area contributed by atoms with Gasteiger partial charge in [-0.05, 0) is 24.3 Å². The van der Waals surface area contributed by atoms with Crippen LogP contribution in [-0.2, 0) is 4.79 Å². The molecule has 2 aromatic carbocycles. The minimum Gasteiger partial charge on any atom is -0.476 e. The standard InChI is InChI=1S/C14H13FN2O2/c15-11-6-8-12(9-7-11)19-13(14(18)17-16)10-4-2-1-3-5-10/h1-9,13H,16H2,(H,17,18). The molecular formula is C14H13FN2O2. The quantitative estimate of drug-likeness (QED) is 0.501. The predicted octanol–water partition coefficient (Wildman–Crippen LogP) is 1.94. The van der Waals surface area contributed by atoms with E-state index in [1.165, 1.54) is 24.3 Å². The highest BCUT2D eigenvalue weighted by molar-refractivity contribution is 5.82. The lowest BCUT2D eigenvalue weighted by Crippen LogP contribution is -2.37. The van der Waals surface area contributed by atoms with E-state index in [-0.39, 0.29) is 5.82 Å². The Kier molecular flexibility index (Phi) is 4.10. The maximum atomic E-state index is 12.8. The molecule has 0 saturated carbocycles. The van der Waals surface area contributed by atoms with E-state index in [9.17, 15) is 9.18 Å². The van der Waals surface area contributed by atoms with E-state index in [0.29, 0.717) is 11.3 Å². The lowest BCUT2D eigenvalue weighted by atomic mass is 10.1. The normalized spacial score (nSPS) is 11.7. The minimum atomic E-state index is -0.878. The zero-order valence-electron chi connectivity index (χ0n) is 10.0. The van der Waals surface area contributed by atoms with E-state index in [1.54, 1.807) is 24.3 Å². The molecule has 0 aliphatic heterocycles. The van der Waals surface area contributed by atoms with Gasteiger partial charge in [0.15, 0.2) is 0 Å². The number of hydrogen-bond acceptors (Lipinski definition) is 3. The molecule has 19 heavy (non-hydrogen) atoms. The maximum Gasteiger partial charge on any atom is 0.279 e. The van der Waals surface area contributed by atoms with Gasteiger partial charge in [-0.1, -0.05) is 30.3 Å². The van der Waals surface area contributed by atoms with Crippen LogP contribution in [0.15, 0.2) is 54.6 Å². The fraction of sp³-hybridized carbons (Fsp3) is 0.0714. The molecule has 0 saturated heterocycles. The van der Waals surface area contributed by atoms with Gasteiger partial charge in [-0.2, -0.15) is 0 Å². The molecule has 0 fully saturated rings. The Labute approximate surface area is 110 Å². The second-order valence-electron chi connectivity index (χ2n) is 3.87. The van der Waals surface area contributed by atoms with Gasteiger partial charge < -0.3 is 4.74 Å². The van der Waals surface area contributed by atoms with E-state index in [4.69, 9.17) is 10.6 Å². The van der Waals surface area contributed by atoms with Crippen LogP contribution in [0, 0.1) is 5.82 Å². The van der Waals surface area contributed by atoms with Gasteiger partial charge in [-0.25, -0.2) is 10.2 Å². The van der Waals surface area contributed by atoms with E-state index >= 15 is 0 Å². The molecule has 0 heterocycles. The Bertz CT molecular complexity index is 543. The summed E-state index contributed by atoms with van der Waals surface area (Å²) < 4.78 is 18.4. The summed E-state index contributed by atoms with van der Waals surface area (Å²) in [7, 11) is 0. The number of carbonyl (C=O) groups is 1. The number of halogens is 1. The van der Waals surface area contributed by atoms with Crippen LogP contribution in [0.3, 0.4) is 0 Å². The summed E-state index contributed by atoms with van der Waals surface area (Å²) >= 11 is 0. The second-order valence-corrected chi connectivity index (χ2v) is 3.87. The molecule has 0 bridgehead atoms. The summed E-state index contributed by atoms with van der Waals surface area (Å²) in [5.41, 5.74) is 2.72. The molecule has 0 aromatic heterocycles. The van der Waals surface area contributed by atoms with Crippen molar-refractivity contribution in [3.8, 4) is 5.75 Å². The molecule has 0 aliphatic rings. The fourth-order valence-corrected chi connectivity index (χ4v) is 1.63. The minimum absolute atomic E-state index is 0.369. The second kappa shape index (κ2) is 5.97. The first-order valence-corrected chi connectivity index (χ1v) is 5.68. The van der Waals surface area contributed by atoms with Crippen molar-refractivity contribution in [2.24, 2.45) is 5.84 Å². The molecule has 5 heteroatoms. The molecule has 4 nitrogen and oxygen atoms in total. The van der Waals surface area contributed by atoms with E-state index < -0.39 is 12.0 Å². The fourth-order valence-electron chi connectivity index (χ4n) is 1.63. The third-order valence-electron chi connectivity index (χ3n) is 2.55. The number of rotatable bonds is 4. The molecule has 2 rings (SSSR count). The Balaban J connectivity index is 2.24. The smallest absolute Gasteiger partial charge is 0.279 e. The molecule has 1 atom stereocenters. The average molecular weight is 260 g/mol. The van der Waals surface area contributed by atoms with Gasteiger partial charge in [0.25, 0.3) is 5.91 Å². The Morgan fingerprint density at radius 1 is 1.11 bits per heavy atom. The Morgan fingerprint density at radius 3 is 2.32 bits per heavy atom. The van der Waals surface area contributed by atoms with Gasteiger partial charge in [0, 0.05) is 5.56 Å². The van der Waals surface area contributed by atoms with Crippen LogP contribution in [0.2, 0.25) is 0 Å². The molecular weight excluding hydrogens is 247 g/mol. The Morgan fingerprint density at radius 2 is 1.74 bits per heavy atom. The average Bonchev–Trinajstić information content (AvgIpc) is 2.47. The van der Waals surface area contributed by atoms with Gasteiger partial charge in [-0.15, -0.1) is 0 Å². The lowest BCUT2D eigenvalue weighted by molar-refractivity contribution is -0.128. The van der Waals surface area contributed by atoms with Crippen molar-refractivity contribution in [3.63, 3.8) is 0 Å². The van der Waals surface area contributed by atoms with Crippen molar-refractivity contribution >= 4 is 5.91 Å². The number of carbonyl (C=O) groups excluding carboxylic acids is 1. The first-order valence-electron chi connectivity index (χ1n) is 5.68. The molecule has 0 spiro atoms. The topological polar surface area (TPSA) is 64.3 Å². The van der Waals surface area contributed by atoms with Crippen LogP contribution in [0.4, 0.5) is 4.39 Å². The van der Waals surface area contributed by atoms with Gasteiger partial charge in [0.05, 0.1) is 0 Å². The van der Waals surface area contributed by atoms with Gasteiger partial charge >= 0.3 is 0 Å². The number of hydrogen-bond donors (Lipinski definition) is 2. The monoisotopic (exact) mass is 260 g/mol. The first-order chi connectivity index (χ1) is 9.20. The molecule has 3 N–H and O–H groups in total. The highest BCUT2D eigenvalue weighted by Gasteiger charge is 2.21. The predicted molar refractivity (Wildman–Crippen MR) is 68.5 cm³/mol. The number of nitrogens with one attached hydrogen (secondary N) is 1. The maximum absolute atomic E-state index is 12.8. The van der Waals surface area contributed by atoms with Crippen LogP contribution in [0.1, 0.15) is 11.7 Å². The number of ether oxygens (including phenoxy) is 1. The van der Waals surface area contributed by atoms with Gasteiger partial charge in [0.1, 0.15) is 11.6 Å². The van der Waals surface area contributed by atoms with Crippen LogP contribution in [0.25, 0.3) is 0 Å². The highest BCUT2D eigenvalue weighted by atomic mass is 19.1. The molecule has 2 aromatic rings. The van der Waals surface area contributed by atoms with Crippen LogP contribution in [-0.4, -0.2) is 5.91 Å². The third-order valence-corrected chi connectivity index (χ3v) is 2.55. The number of amides is 1. The van der Waals surface area contributed by atoms with Crippen molar-refractivity contribution < 1.29 is 13.9 Å². The highest BCUT2D eigenvalue weighted by Crippen LogP contribution is 2.22. The molecule has 98 valence electrons. The summed E-state index contributed by atoms with van der Waals surface area (Å²) in [6.45, 7) is 0. The molecule has 0 aliphatic carbocycles. The molecule has 1 unspecified atom stereocenters. The summed E-state index contributed by atoms with van der Waals surface area (Å²) in [5.74, 6) is 4.69. The summed E-state index contributed by atoms with van der Waals surface area (Å²) in [4.78, 5) is 11.7. The third kappa shape index (κ3) is 3.29. The molecule has 1 amide bonds. The first kappa shape index (κ1) is 13.0. The van der Waals surface area contributed by atoms with E-state index in [0.717, 1.165) is 0 Å². The zero-order valence-corrected chi connectivity index (χ0v) is 10.0.